The van der Waals surface area contributed by atoms with Crippen molar-refractivity contribution in [2.24, 2.45) is 0 Å². The van der Waals surface area contributed by atoms with Crippen molar-refractivity contribution in [2.75, 3.05) is 0 Å². The van der Waals surface area contributed by atoms with Crippen molar-refractivity contribution in [2.45, 2.75) is 30.8 Å². The van der Waals surface area contributed by atoms with Crippen LogP contribution in [0.2, 0.25) is 5.02 Å². The first kappa shape index (κ1) is 19.2. The third kappa shape index (κ3) is 4.46. The van der Waals surface area contributed by atoms with E-state index in [2.05, 4.69) is 39.2 Å². The van der Waals surface area contributed by atoms with Crippen LogP contribution in [0, 0.1) is 0 Å². The van der Waals surface area contributed by atoms with E-state index < -0.39 is 0 Å². The van der Waals surface area contributed by atoms with Gasteiger partial charge in [-0.2, -0.15) is 0 Å². The molecule has 142 valence electrons. The highest BCUT2D eigenvalue weighted by atomic mass is 35.5. The van der Waals surface area contributed by atoms with Gasteiger partial charge in [0.15, 0.2) is 5.16 Å². The molecule has 4 aromatic rings. The first-order valence-corrected chi connectivity index (χ1v) is 11.3. The predicted octanol–water partition coefficient (Wildman–Crippen LogP) is 5.96. The van der Waals surface area contributed by atoms with Crippen LogP contribution in [0.3, 0.4) is 0 Å². The Labute approximate surface area is 177 Å². The van der Waals surface area contributed by atoms with Crippen molar-refractivity contribution in [3.05, 3.63) is 82.1 Å². The average Bonchev–Trinajstić information content (AvgIpc) is 3.35. The molecule has 0 spiro atoms. The topological polar surface area (TPSA) is 43.6 Å². The largest absolute Gasteiger partial charge is 0.306 e. The molecule has 7 heteroatoms. The maximum absolute atomic E-state index is 5.98. The Morgan fingerprint density at radius 1 is 1.04 bits per heavy atom. The van der Waals surface area contributed by atoms with Gasteiger partial charge in [0.2, 0.25) is 0 Å². The predicted molar refractivity (Wildman–Crippen MR) is 117 cm³/mol. The van der Waals surface area contributed by atoms with Crippen LogP contribution in [0.4, 0.5) is 0 Å². The van der Waals surface area contributed by atoms with Gasteiger partial charge in [-0.1, -0.05) is 65.8 Å². The van der Waals surface area contributed by atoms with E-state index in [1.165, 1.54) is 5.56 Å². The second-order valence-electron chi connectivity index (χ2n) is 6.24. The first-order chi connectivity index (χ1) is 13.7. The van der Waals surface area contributed by atoms with Gasteiger partial charge in [0, 0.05) is 34.7 Å². The summed E-state index contributed by atoms with van der Waals surface area (Å²) in [5, 5.41) is 13.7. The van der Waals surface area contributed by atoms with Crippen molar-refractivity contribution in [3.8, 4) is 10.6 Å². The van der Waals surface area contributed by atoms with Gasteiger partial charge in [-0.15, -0.1) is 21.5 Å². The van der Waals surface area contributed by atoms with Crippen LogP contribution in [0.1, 0.15) is 24.0 Å². The maximum Gasteiger partial charge on any atom is 0.191 e. The van der Waals surface area contributed by atoms with E-state index in [-0.39, 0.29) is 0 Å². The molecule has 0 saturated carbocycles. The Morgan fingerprint density at radius 3 is 2.57 bits per heavy atom. The highest BCUT2D eigenvalue weighted by Crippen LogP contribution is 2.28. The van der Waals surface area contributed by atoms with E-state index in [0.29, 0.717) is 0 Å². The number of rotatable bonds is 7. The molecule has 2 aromatic heterocycles. The lowest BCUT2D eigenvalue weighted by atomic mass is 10.1. The molecule has 0 unspecified atom stereocenters. The summed E-state index contributed by atoms with van der Waals surface area (Å²) in [5.74, 6) is 1.75. The molecule has 0 aliphatic carbocycles. The third-order valence-corrected chi connectivity index (χ3v) is 6.50. The first-order valence-electron chi connectivity index (χ1n) is 9.02. The number of benzene rings is 2. The quantitative estimate of drug-likeness (QED) is 0.342. The van der Waals surface area contributed by atoms with Crippen LogP contribution in [-0.2, 0) is 18.7 Å². The summed E-state index contributed by atoms with van der Waals surface area (Å²) >= 11 is 9.33. The SMILES string of the molecule is CCn1c(Cc2ccc(Cl)cc2)nnc1SCc1csc(-c2ccccc2)n1. The zero-order chi connectivity index (χ0) is 19.3. The summed E-state index contributed by atoms with van der Waals surface area (Å²) in [5.41, 5.74) is 3.40. The Hall–Kier alpha value is -2.15. The van der Waals surface area contributed by atoms with Crippen molar-refractivity contribution < 1.29 is 0 Å². The van der Waals surface area contributed by atoms with Crippen LogP contribution in [-0.4, -0.2) is 19.7 Å². The second kappa shape index (κ2) is 8.90. The lowest BCUT2D eigenvalue weighted by Gasteiger charge is -2.07. The van der Waals surface area contributed by atoms with E-state index in [1.807, 2.05) is 42.5 Å². The Morgan fingerprint density at radius 2 is 1.82 bits per heavy atom. The molecule has 2 aromatic carbocycles. The summed E-state index contributed by atoms with van der Waals surface area (Å²) in [6.45, 7) is 2.96. The van der Waals surface area contributed by atoms with Gasteiger partial charge in [-0.05, 0) is 24.6 Å². The molecular formula is C21H19ClN4S2. The number of thioether (sulfide) groups is 1. The van der Waals surface area contributed by atoms with E-state index in [1.54, 1.807) is 23.1 Å². The molecule has 0 N–H and O–H groups in total. The molecule has 0 aliphatic rings. The van der Waals surface area contributed by atoms with Crippen LogP contribution >= 0.6 is 34.7 Å². The fourth-order valence-corrected chi connectivity index (χ4v) is 4.86. The molecule has 2 heterocycles. The summed E-state index contributed by atoms with van der Waals surface area (Å²) in [7, 11) is 0. The smallest absolute Gasteiger partial charge is 0.191 e. The van der Waals surface area contributed by atoms with Crippen molar-refractivity contribution in [1.29, 1.82) is 0 Å². The fraction of sp³-hybridized carbons (Fsp3) is 0.190. The third-order valence-electron chi connectivity index (χ3n) is 4.31. The minimum atomic E-state index is 0.743. The molecule has 0 fully saturated rings. The molecule has 4 nitrogen and oxygen atoms in total. The minimum Gasteiger partial charge on any atom is -0.306 e. The van der Waals surface area contributed by atoms with Crippen LogP contribution < -0.4 is 0 Å². The van der Waals surface area contributed by atoms with Gasteiger partial charge < -0.3 is 4.57 Å². The number of nitrogens with zero attached hydrogens (tertiary/aromatic N) is 4. The van der Waals surface area contributed by atoms with Gasteiger partial charge in [0.25, 0.3) is 0 Å². The molecule has 28 heavy (non-hydrogen) atoms. The molecule has 0 aliphatic heterocycles. The molecule has 0 radical (unpaired) electrons. The summed E-state index contributed by atoms with van der Waals surface area (Å²) in [6, 6.07) is 18.2. The highest BCUT2D eigenvalue weighted by molar-refractivity contribution is 7.98. The molecule has 4 rings (SSSR count). The molecular weight excluding hydrogens is 408 g/mol. The zero-order valence-corrected chi connectivity index (χ0v) is 17.8. The van der Waals surface area contributed by atoms with Crippen molar-refractivity contribution >= 4 is 34.7 Å². The number of hydrogen-bond donors (Lipinski definition) is 0. The second-order valence-corrected chi connectivity index (χ2v) is 8.48. The molecule has 0 amide bonds. The Balaban J connectivity index is 1.45. The lowest BCUT2D eigenvalue weighted by Crippen LogP contribution is -2.04. The van der Waals surface area contributed by atoms with E-state index >= 15 is 0 Å². The highest BCUT2D eigenvalue weighted by Gasteiger charge is 2.13. The standard InChI is InChI=1S/C21H19ClN4S2/c1-2-26-19(12-15-8-10-17(22)11-9-15)24-25-21(26)28-14-18-13-27-20(23-18)16-6-4-3-5-7-16/h3-11,13H,2,12,14H2,1H3. The summed E-state index contributed by atoms with van der Waals surface area (Å²) in [4.78, 5) is 4.76. The van der Waals surface area contributed by atoms with Gasteiger partial charge >= 0.3 is 0 Å². The van der Waals surface area contributed by atoms with Gasteiger partial charge in [-0.25, -0.2) is 4.98 Å². The number of halogens is 1. The van der Waals surface area contributed by atoms with Crippen molar-refractivity contribution in [3.63, 3.8) is 0 Å². The van der Waals surface area contributed by atoms with Crippen LogP contribution in [0.5, 0.6) is 0 Å². The zero-order valence-electron chi connectivity index (χ0n) is 15.4. The minimum absolute atomic E-state index is 0.743. The van der Waals surface area contributed by atoms with Crippen LogP contribution in [0.25, 0.3) is 10.6 Å². The normalized spacial score (nSPS) is 11.1. The van der Waals surface area contributed by atoms with Gasteiger partial charge in [-0.3, -0.25) is 0 Å². The maximum atomic E-state index is 5.98. The van der Waals surface area contributed by atoms with E-state index in [0.717, 1.165) is 51.0 Å². The summed E-state index contributed by atoms with van der Waals surface area (Å²) in [6.07, 6.45) is 0.743. The Bertz CT molecular complexity index is 1040. The Kier molecular flexibility index (Phi) is 6.10. The molecule has 0 saturated heterocycles. The number of aromatic nitrogens is 4. The number of hydrogen-bond acceptors (Lipinski definition) is 5. The molecule has 0 atom stereocenters. The average molecular weight is 427 g/mol. The van der Waals surface area contributed by atoms with E-state index in [4.69, 9.17) is 16.6 Å². The van der Waals surface area contributed by atoms with Crippen molar-refractivity contribution in [1.82, 2.24) is 19.7 Å². The lowest BCUT2D eigenvalue weighted by molar-refractivity contribution is 0.651. The molecule has 0 bridgehead atoms. The van der Waals surface area contributed by atoms with Crippen LogP contribution in [0.15, 0.2) is 65.1 Å². The monoisotopic (exact) mass is 426 g/mol. The fourth-order valence-electron chi connectivity index (χ4n) is 2.88. The van der Waals surface area contributed by atoms with Gasteiger partial charge in [0.1, 0.15) is 10.8 Å². The van der Waals surface area contributed by atoms with E-state index in [9.17, 15) is 0 Å². The summed E-state index contributed by atoms with van der Waals surface area (Å²) < 4.78 is 2.17. The number of thiazole rings is 1. The van der Waals surface area contributed by atoms with Gasteiger partial charge in [0.05, 0.1) is 5.69 Å².